The van der Waals surface area contributed by atoms with Crippen molar-refractivity contribution in [2.24, 2.45) is 0 Å². The minimum atomic E-state index is 0. The van der Waals surface area contributed by atoms with E-state index in [9.17, 15) is 0 Å². The molecular formula is C8H11IMg. The van der Waals surface area contributed by atoms with E-state index in [1.807, 2.05) is 0 Å². The Morgan fingerprint density at radius 3 is 2.30 bits per heavy atom. The molecule has 0 spiro atoms. The Hall–Kier alpha value is 0.716. The van der Waals surface area contributed by atoms with Crippen LogP contribution in [0.2, 0.25) is 5.05 Å². The van der Waals surface area contributed by atoms with Crippen molar-refractivity contribution in [3.8, 4) is 0 Å². The summed E-state index contributed by atoms with van der Waals surface area (Å²) >= 11 is 0.216. The van der Waals surface area contributed by atoms with Crippen LogP contribution in [0.25, 0.3) is 0 Å². The normalized spacial score (nSPS) is 7.70. The molecule has 0 N–H and O–H groups in total. The quantitative estimate of drug-likeness (QED) is 0.565. The lowest BCUT2D eigenvalue weighted by Gasteiger charge is -1.93. The summed E-state index contributed by atoms with van der Waals surface area (Å²) in [6.45, 7) is 0. The van der Waals surface area contributed by atoms with Crippen LogP contribution in [0.3, 0.4) is 0 Å². The van der Waals surface area contributed by atoms with Gasteiger partial charge in [0.25, 0.3) is 0 Å². The molecular weight excluding hydrogens is 247 g/mol. The molecule has 0 fully saturated rings. The van der Waals surface area contributed by atoms with Gasteiger partial charge in [-0.05, 0) is 0 Å². The lowest BCUT2D eigenvalue weighted by Crippen LogP contribution is -1.88. The van der Waals surface area contributed by atoms with Gasteiger partial charge in [0.2, 0.25) is 0 Å². The fourth-order valence-electron chi connectivity index (χ4n) is 0.933. The van der Waals surface area contributed by atoms with Gasteiger partial charge < -0.3 is 0 Å². The van der Waals surface area contributed by atoms with E-state index in [2.05, 4.69) is 35.4 Å². The standard InChI is InChI=1S/C7H7.CH3.HI.Mg/c1-7-5-3-2-4-6-7;;;/h2-6H,1H2;1H3;1H;. The molecule has 1 rings (SSSR count). The van der Waals surface area contributed by atoms with E-state index in [-0.39, 0.29) is 44.3 Å². The average Bonchev–Trinajstić information content (AvgIpc) is 1.91. The van der Waals surface area contributed by atoms with E-state index in [0.29, 0.717) is 0 Å². The second kappa shape index (κ2) is 6.43. The summed E-state index contributed by atoms with van der Waals surface area (Å²) in [5.74, 6) is 0. The Labute approximate surface area is 89.1 Å². The molecule has 52 valence electrons. The lowest BCUT2D eigenvalue weighted by molar-refractivity contribution is 1.38. The summed E-state index contributed by atoms with van der Waals surface area (Å²) in [7, 11) is 0. The SMILES string of the molecule is I.[CH3][Mg][CH2]c1ccccc1. The molecule has 0 aliphatic heterocycles. The average molecular weight is 258 g/mol. The van der Waals surface area contributed by atoms with Crippen LogP contribution in [-0.2, 0) is 4.55 Å². The van der Waals surface area contributed by atoms with Crippen molar-refractivity contribution in [1.82, 2.24) is 0 Å². The number of hydrogen-bond acceptors (Lipinski definition) is 0. The number of rotatable bonds is 2. The summed E-state index contributed by atoms with van der Waals surface area (Å²) in [6.07, 6.45) is 0. The molecule has 1 aromatic rings. The van der Waals surface area contributed by atoms with E-state index < -0.39 is 0 Å². The first-order valence-electron chi connectivity index (χ1n) is 3.47. The van der Waals surface area contributed by atoms with Gasteiger partial charge in [0.15, 0.2) is 0 Å². The molecule has 0 saturated carbocycles. The Bertz CT molecular complexity index is 162. The molecule has 0 atom stereocenters. The maximum Gasteiger partial charge on any atom is 0.366 e. The van der Waals surface area contributed by atoms with Gasteiger partial charge in [-0.2, -0.15) is 5.05 Å². The van der Waals surface area contributed by atoms with Crippen molar-refractivity contribution in [2.45, 2.75) is 9.60 Å². The fraction of sp³-hybridized carbons (Fsp3) is 0.250. The highest BCUT2D eigenvalue weighted by atomic mass is 127. The zero-order chi connectivity index (χ0) is 6.53. The number of halogens is 1. The summed E-state index contributed by atoms with van der Waals surface area (Å²) in [4.78, 5) is 0. The van der Waals surface area contributed by atoms with Crippen LogP contribution in [0, 0.1) is 0 Å². The predicted octanol–water partition coefficient (Wildman–Crippen LogP) is 2.56. The topological polar surface area (TPSA) is 0 Å². The second-order valence-electron chi connectivity index (χ2n) is 2.24. The van der Waals surface area contributed by atoms with Gasteiger partial charge >= 0.3 is 20.4 Å². The Kier molecular flexibility index (Phi) is 6.89. The van der Waals surface area contributed by atoms with Crippen LogP contribution >= 0.6 is 24.0 Å². The van der Waals surface area contributed by atoms with E-state index in [1.54, 1.807) is 0 Å². The van der Waals surface area contributed by atoms with Crippen LogP contribution in [0.4, 0.5) is 0 Å². The van der Waals surface area contributed by atoms with Crippen LogP contribution < -0.4 is 0 Å². The van der Waals surface area contributed by atoms with Crippen molar-refractivity contribution in [3.05, 3.63) is 35.9 Å². The third kappa shape index (κ3) is 3.78. The summed E-state index contributed by atoms with van der Waals surface area (Å²) in [5, 5.41) is 2.34. The van der Waals surface area contributed by atoms with Crippen LogP contribution in [0.15, 0.2) is 30.3 Å². The van der Waals surface area contributed by atoms with Gasteiger partial charge in [-0.25, -0.2) is 0 Å². The highest BCUT2D eigenvalue weighted by Crippen LogP contribution is 1.97. The molecule has 0 aliphatic rings. The largest absolute Gasteiger partial charge is 0.366 e. The number of hydrogen-bond donors (Lipinski definition) is 0. The number of benzene rings is 1. The first-order valence-corrected chi connectivity index (χ1v) is 5.89. The predicted molar refractivity (Wildman–Crippen MR) is 57.2 cm³/mol. The van der Waals surface area contributed by atoms with Gasteiger partial charge in [-0.15, -0.1) is 28.5 Å². The molecule has 0 aliphatic carbocycles. The van der Waals surface area contributed by atoms with Crippen molar-refractivity contribution in [3.63, 3.8) is 0 Å². The minimum absolute atomic E-state index is 0. The van der Waals surface area contributed by atoms with E-state index in [4.69, 9.17) is 0 Å². The minimum Gasteiger partial charge on any atom is -0.157 e. The van der Waals surface area contributed by atoms with Gasteiger partial charge in [-0.3, -0.25) is 0 Å². The first kappa shape index (κ1) is 10.7. The fourth-order valence-corrected chi connectivity index (χ4v) is 1.84. The van der Waals surface area contributed by atoms with Crippen molar-refractivity contribution in [1.29, 1.82) is 0 Å². The van der Waals surface area contributed by atoms with E-state index in [0.717, 1.165) is 0 Å². The Balaban J connectivity index is 0.000000810. The monoisotopic (exact) mass is 258 g/mol. The zero-order valence-electron chi connectivity index (χ0n) is 6.21. The molecule has 0 bridgehead atoms. The molecule has 0 radical (unpaired) electrons. The molecule has 1 aromatic carbocycles. The highest BCUT2D eigenvalue weighted by Gasteiger charge is 1.88. The smallest absolute Gasteiger partial charge is 0.157 e. The Morgan fingerprint density at radius 1 is 1.20 bits per heavy atom. The van der Waals surface area contributed by atoms with Gasteiger partial charge in [0.05, 0.1) is 0 Å². The van der Waals surface area contributed by atoms with Gasteiger partial charge in [0.1, 0.15) is 0 Å². The summed E-state index contributed by atoms with van der Waals surface area (Å²) in [6, 6.07) is 10.7. The molecule has 10 heavy (non-hydrogen) atoms. The zero-order valence-corrected chi connectivity index (χ0v) is 9.95. The molecule has 2 heteroatoms. The van der Waals surface area contributed by atoms with Crippen molar-refractivity contribution in [2.75, 3.05) is 0 Å². The summed E-state index contributed by atoms with van der Waals surface area (Å²) in [5.41, 5.74) is 1.51. The lowest BCUT2D eigenvalue weighted by atomic mass is 10.2. The molecule has 0 unspecified atom stereocenters. The molecule has 0 nitrogen and oxygen atoms in total. The third-order valence-electron chi connectivity index (χ3n) is 1.38. The van der Waals surface area contributed by atoms with Gasteiger partial charge in [0, 0.05) is 0 Å². The van der Waals surface area contributed by atoms with Crippen molar-refractivity contribution >= 4 is 44.3 Å². The van der Waals surface area contributed by atoms with Crippen LogP contribution in [-0.4, -0.2) is 20.4 Å². The van der Waals surface area contributed by atoms with Crippen LogP contribution in [0.5, 0.6) is 0 Å². The maximum absolute atomic E-state index is 2.34. The molecule has 0 aromatic heterocycles. The van der Waals surface area contributed by atoms with Crippen LogP contribution in [0.1, 0.15) is 5.56 Å². The summed E-state index contributed by atoms with van der Waals surface area (Å²) < 4.78 is 1.35. The maximum atomic E-state index is 2.34. The molecule has 0 amide bonds. The first-order chi connectivity index (χ1) is 4.43. The molecule has 0 heterocycles. The second-order valence-corrected chi connectivity index (χ2v) is 3.74. The van der Waals surface area contributed by atoms with E-state index >= 15 is 0 Å². The Morgan fingerprint density at radius 2 is 1.80 bits per heavy atom. The highest BCUT2D eigenvalue weighted by molar-refractivity contribution is 14.0. The third-order valence-corrected chi connectivity index (χ3v) is 2.46. The van der Waals surface area contributed by atoms with E-state index in [1.165, 1.54) is 10.1 Å². The van der Waals surface area contributed by atoms with Crippen molar-refractivity contribution < 1.29 is 0 Å². The molecule has 0 saturated heterocycles. The van der Waals surface area contributed by atoms with Gasteiger partial charge in [-0.1, -0.05) is 35.9 Å².